The van der Waals surface area contributed by atoms with Crippen LogP contribution in [0.15, 0.2) is 41.3 Å². The molecule has 0 unspecified atom stereocenters. The number of thioether (sulfide) groups is 1. The molecule has 0 aliphatic heterocycles. The maximum Gasteiger partial charge on any atom is 0.234 e. The zero-order valence-corrected chi connectivity index (χ0v) is 12.8. The summed E-state index contributed by atoms with van der Waals surface area (Å²) in [7, 11) is 0. The first-order chi connectivity index (χ1) is 9.95. The molecule has 5 heteroatoms. The first-order valence-corrected chi connectivity index (χ1v) is 7.49. The third-order valence-electron chi connectivity index (χ3n) is 3.00. The van der Waals surface area contributed by atoms with Gasteiger partial charge < -0.3 is 11.1 Å². The summed E-state index contributed by atoms with van der Waals surface area (Å²) < 4.78 is 13.3. The second-order valence-electron chi connectivity index (χ2n) is 4.84. The zero-order valence-electron chi connectivity index (χ0n) is 11.9. The summed E-state index contributed by atoms with van der Waals surface area (Å²) in [6.07, 6.45) is 0. The predicted octanol–water partition coefficient (Wildman–Crippen LogP) is 3.76. The van der Waals surface area contributed by atoms with Crippen LogP contribution >= 0.6 is 11.8 Å². The lowest BCUT2D eigenvalue weighted by molar-refractivity contribution is -0.113. The lowest BCUT2D eigenvalue weighted by Crippen LogP contribution is -2.14. The van der Waals surface area contributed by atoms with Crippen LogP contribution in [0.5, 0.6) is 0 Å². The van der Waals surface area contributed by atoms with E-state index in [1.807, 2.05) is 32.0 Å². The number of hydrogen-bond donors (Lipinski definition) is 2. The predicted molar refractivity (Wildman–Crippen MR) is 86.1 cm³/mol. The fourth-order valence-corrected chi connectivity index (χ4v) is 2.61. The van der Waals surface area contributed by atoms with Crippen LogP contribution in [0.25, 0.3) is 0 Å². The Morgan fingerprint density at radius 1 is 1.24 bits per heavy atom. The molecule has 0 bridgehead atoms. The van der Waals surface area contributed by atoms with E-state index in [2.05, 4.69) is 5.32 Å². The second kappa shape index (κ2) is 6.63. The van der Waals surface area contributed by atoms with E-state index in [-0.39, 0.29) is 17.3 Å². The Bertz CT molecular complexity index is 673. The molecule has 0 heterocycles. The van der Waals surface area contributed by atoms with Crippen LogP contribution in [-0.2, 0) is 4.79 Å². The van der Waals surface area contributed by atoms with Gasteiger partial charge in [0.15, 0.2) is 0 Å². The van der Waals surface area contributed by atoms with E-state index in [1.54, 1.807) is 6.07 Å². The van der Waals surface area contributed by atoms with Crippen LogP contribution in [0.1, 0.15) is 11.1 Å². The Morgan fingerprint density at radius 2 is 2.00 bits per heavy atom. The molecule has 110 valence electrons. The molecule has 0 radical (unpaired) electrons. The van der Waals surface area contributed by atoms with Gasteiger partial charge in [-0.25, -0.2) is 4.39 Å². The van der Waals surface area contributed by atoms with Gasteiger partial charge in [0, 0.05) is 10.6 Å². The number of halogens is 1. The Kier molecular flexibility index (Phi) is 4.85. The molecular formula is C16H17FN2OS. The van der Waals surface area contributed by atoms with Crippen molar-refractivity contribution in [1.29, 1.82) is 0 Å². The first-order valence-electron chi connectivity index (χ1n) is 6.50. The number of anilines is 2. The van der Waals surface area contributed by atoms with Crippen LogP contribution in [0, 0.1) is 19.7 Å². The zero-order chi connectivity index (χ0) is 15.4. The highest BCUT2D eigenvalue weighted by molar-refractivity contribution is 8.00. The van der Waals surface area contributed by atoms with Crippen molar-refractivity contribution in [3.63, 3.8) is 0 Å². The number of benzene rings is 2. The number of carbonyl (C=O) groups is 1. The van der Waals surface area contributed by atoms with Gasteiger partial charge >= 0.3 is 0 Å². The van der Waals surface area contributed by atoms with Gasteiger partial charge in [-0.2, -0.15) is 0 Å². The first kappa shape index (κ1) is 15.4. The number of nitrogen functional groups attached to an aromatic ring is 1. The van der Waals surface area contributed by atoms with E-state index in [9.17, 15) is 9.18 Å². The number of amides is 1. The molecular weight excluding hydrogens is 287 g/mol. The Morgan fingerprint density at radius 3 is 2.67 bits per heavy atom. The van der Waals surface area contributed by atoms with Crippen LogP contribution < -0.4 is 11.1 Å². The van der Waals surface area contributed by atoms with Crippen molar-refractivity contribution in [3.05, 3.63) is 53.3 Å². The average Bonchev–Trinajstić information content (AvgIpc) is 2.43. The van der Waals surface area contributed by atoms with Crippen molar-refractivity contribution < 1.29 is 9.18 Å². The van der Waals surface area contributed by atoms with Gasteiger partial charge in [-0.05, 0) is 43.7 Å². The van der Waals surface area contributed by atoms with Crippen molar-refractivity contribution in [3.8, 4) is 0 Å². The standard InChI is InChI=1S/C16H17FN2OS/c1-10-3-6-15(11(2)7-10)19-16(20)9-21-12-4-5-14(18)13(17)8-12/h3-8H,9,18H2,1-2H3,(H,19,20). The molecule has 0 atom stereocenters. The lowest BCUT2D eigenvalue weighted by atomic mass is 10.1. The number of carbonyl (C=O) groups excluding carboxylic acids is 1. The molecule has 1 amide bonds. The van der Waals surface area contributed by atoms with Gasteiger partial charge in [0.2, 0.25) is 5.91 Å². The molecule has 2 aromatic carbocycles. The van der Waals surface area contributed by atoms with E-state index in [4.69, 9.17) is 5.73 Å². The molecule has 0 aliphatic carbocycles. The molecule has 3 nitrogen and oxygen atoms in total. The summed E-state index contributed by atoms with van der Waals surface area (Å²) in [5, 5.41) is 2.86. The molecule has 2 rings (SSSR count). The smallest absolute Gasteiger partial charge is 0.234 e. The van der Waals surface area contributed by atoms with E-state index < -0.39 is 5.82 Å². The molecule has 3 N–H and O–H groups in total. The van der Waals surface area contributed by atoms with Crippen molar-refractivity contribution in [2.45, 2.75) is 18.7 Å². The number of rotatable bonds is 4. The maximum absolute atomic E-state index is 13.3. The highest BCUT2D eigenvalue weighted by Gasteiger charge is 2.07. The van der Waals surface area contributed by atoms with Gasteiger partial charge in [-0.15, -0.1) is 11.8 Å². The Labute approximate surface area is 127 Å². The fourth-order valence-electron chi connectivity index (χ4n) is 1.89. The van der Waals surface area contributed by atoms with Gasteiger partial charge in [0.25, 0.3) is 0 Å². The third-order valence-corrected chi connectivity index (χ3v) is 3.99. The Balaban J connectivity index is 1.94. The number of aryl methyl sites for hydroxylation is 2. The topological polar surface area (TPSA) is 55.1 Å². The fraction of sp³-hybridized carbons (Fsp3) is 0.188. The third kappa shape index (κ3) is 4.23. The summed E-state index contributed by atoms with van der Waals surface area (Å²) in [6.45, 7) is 3.95. The molecule has 0 saturated carbocycles. The molecule has 2 aromatic rings. The van der Waals surface area contributed by atoms with Gasteiger partial charge in [-0.3, -0.25) is 4.79 Å². The normalized spacial score (nSPS) is 10.4. The van der Waals surface area contributed by atoms with E-state index >= 15 is 0 Å². The minimum absolute atomic E-state index is 0.110. The monoisotopic (exact) mass is 304 g/mol. The number of hydrogen-bond acceptors (Lipinski definition) is 3. The summed E-state index contributed by atoms with van der Waals surface area (Å²) in [5.41, 5.74) is 8.49. The molecule has 0 fully saturated rings. The minimum Gasteiger partial charge on any atom is -0.396 e. The van der Waals surface area contributed by atoms with Crippen molar-refractivity contribution in [2.24, 2.45) is 0 Å². The quantitative estimate of drug-likeness (QED) is 0.668. The van der Waals surface area contributed by atoms with E-state index in [1.165, 1.54) is 23.9 Å². The maximum atomic E-state index is 13.3. The minimum atomic E-state index is -0.463. The van der Waals surface area contributed by atoms with E-state index in [0.29, 0.717) is 4.90 Å². The van der Waals surface area contributed by atoms with Crippen LogP contribution in [0.3, 0.4) is 0 Å². The van der Waals surface area contributed by atoms with Crippen molar-refractivity contribution in [2.75, 3.05) is 16.8 Å². The van der Waals surface area contributed by atoms with Crippen molar-refractivity contribution in [1.82, 2.24) is 0 Å². The molecule has 0 aromatic heterocycles. The SMILES string of the molecule is Cc1ccc(NC(=O)CSc2ccc(N)c(F)c2)c(C)c1. The number of nitrogens with two attached hydrogens (primary N) is 1. The van der Waals surface area contributed by atoms with Crippen molar-refractivity contribution >= 4 is 29.0 Å². The summed E-state index contributed by atoms with van der Waals surface area (Å²) in [6, 6.07) is 10.4. The van der Waals surface area contributed by atoms with Gasteiger partial charge in [-0.1, -0.05) is 17.7 Å². The lowest BCUT2D eigenvalue weighted by Gasteiger charge is -2.09. The summed E-state index contributed by atoms with van der Waals surface area (Å²) in [5.74, 6) is -0.365. The summed E-state index contributed by atoms with van der Waals surface area (Å²) >= 11 is 1.27. The van der Waals surface area contributed by atoms with Gasteiger partial charge in [0.05, 0.1) is 11.4 Å². The Hall–Kier alpha value is -2.01. The highest BCUT2D eigenvalue weighted by Crippen LogP contribution is 2.22. The average molecular weight is 304 g/mol. The van der Waals surface area contributed by atoms with Gasteiger partial charge in [0.1, 0.15) is 5.82 Å². The molecule has 0 saturated heterocycles. The van der Waals surface area contributed by atoms with Crippen LogP contribution in [-0.4, -0.2) is 11.7 Å². The molecule has 0 aliphatic rings. The number of nitrogens with one attached hydrogen (secondary N) is 1. The molecule has 0 spiro atoms. The largest absolute Gasteiger partial charge is 0.396 e. The summed E-state index contributed by atoms with van der Waals surface area (Å²) in [4.78, 5) is 12.6. The highest BCUT2D eigenvalue weighted by atomic mass is 32.2. The van der Waals surface area contributed by atoms with Crippen LogP contribution in [0.4, 0.5) is 15.8 Å². The van der Waals surface area contributed by atoms with Crippen LogP contribution in [0.2, 0.25) is 0 Å². The van der Waals surface area contributed by atoms with E-state index in [0.717, 1.165) is 16.8 Å². The molecule has 21 heavy (non-hydrogen) atoms. The second-order valence-corrected chi connectivity index (χ2v) is 5.89.